The smallest absolute Gasteiger partial charge is 0.255 e. The first-order valence-corrected chi connectivity index (χ1v) is 12.4. The van der Waals surface area contributed by atoms with Crippen molar-refractivity contribution in [3.63, 3.8) is 0 Å². The van der Waals surface area contributed by atoms with E-state index in [-0.39, 0.29) is 23.9 Å². The molecule has 1 fully saturated rings. The van der Waals surface area contributed by atoms with E-state index in [4.69, 9.17) is 0 Å². The van der Waals surface area contributed by atoms with E-state index in [1.54, 1.807) is 49.1 Å². The van der Waals surface area contributed by atoms with E-state index in [2.05, 4.69) is 44.5 Å². The maximum atomic E-state index is 13.3. The molecule has 0 radical (unpaired) electrons. The highest BCUT2D eigenvalue weighted by atomic mass is 16.2. The molecule has 2 aromatic carbocycles. The zero-order valence-corrected chi connectivity index (χ0v) is 20.5. The molecule has 1 N–H and O–H groups in total. The second kappa shape index (κ2) is 11.6. The van der Waals surface area contributed by atoms with E-state index < -0.39 is 0 Å². The summed E-state index contributed by atoms with van der Waals surface area (Å²) < 4.78 is 0. The van der Waals surface area contributed by atoms with E-state index in [1.165, 1.54) is 11.1 Å². The van der Waals surface area contributed by atoms with Crippen LogP contribution in [0.25, 0.3) is 0 Å². The largest absolute Gasteiger partial charge is 0.350 e. The number of piperazine rings is 1. The molecule has 7 nitrogen and oxygen atoms in total. The summed E-state index contributed by atoms with van der Waals surface area (Å²) >= 11 is 0. The predicted octanol–water partition coefficient (Wildman–Crippen LogP) is 3.82. The van der Waals surface area contributed by atoms with Gasteiger partial charge < -0.3 is 10.2 Å². The number of nitrogens with zero attached hydrogens (tertiary/aromatic N) is 4. The highest BCUT2D eigenvalue weighted by Crippen LogP contribution is 2.32. The molecule has 2 aromatic heterocycles. The highest BCUT2D eigenvalue weighted by molar-refractivity contribution is 5.94. The minimum absolute atomic E-state index is 0.0154. The zero-order valence-electron chi connectivity index (χ0n) is 20.5. The van der Waals surface area contributed by atoms with Crippen LogP contribution in [0.1, 0.15) is 37.9 Å². The van der Waals surface area contributed by atoms with Gasteiger partial charge in [0.2, 0.25) is 0 Å². The van der Waals surface area contributed by atoms with Crippen LogP contribution in [0.2, 0.25) is 0 Å². The van der Waals surface area contributed by atoms with Crippen molar-refractivity contribution in [1.82, 2.24) is 25.1 Å². The van der Waals surface area contributed by atoms with Gasteiger partial charge in [0.25, 0.3) is 11.8 Å². The fourth-order valence-corrected chi connectivity index (χ4v) is 4.90. The van der Waals surface area contributed by atoms with Crippen molar-refractivity contribution < 1.29 is 9.59 Å². The lowest BCUT2D eigenvalue weighted by Gasteiger charge is -2.45. The Morgan fingerprint density at radius 1 is 0.784 bits per heavy atom. The molecule has 1 aliphatic rings. The highest BCUT2D eigenvalue weighted by Gasteiger charge is 2.35. The van der Waals surface area contributed by atoms with Crippen molar-refractivity contribution in [2.75, 3.05) is 26.2 Å². The quantitative estimate of drug-likeness (QED) is 0.425. The van der Waals surface area contributed by atoms with Gasteiger partial charge in [-0.15, -0.1) is 0 Å². The minimum atomic E-state index is -0.181. The molecular weight excluding hydrogens is 462 g/mol. The molecule has 2 amide bonds. The summed E-state index contributed by atoms with van der Waals surface area (Å²) in [6, 6.07) is 27.7. The summed E-state index contributed by atoms with van der Waals surface area (Å²) in [7, 11) is 0. The summed E-state index contributed by atoms with van der Waals surface area (Å²) in [4.78, 5) is 38.6. The van der Waals surface area contributed by atoms with Crippen LogP contribution in [-0.4, -0.2) is 63.8 Å². The normalized spacial score (nSPS) is 15.9. The molecule has 3 heterocycles. The first-order chi connectivity index (χ1) is 18.2. The molecule has 0 bridgehead atoms. The third-order valence-corrected chi connectivity index (χ3v) is 6.71. The number of amides is 2. The molecule has 186 valence electrons. The summed E-state index contributed by atoms with van der Waals surface area (Å²) in [5.41, 5.74) is 3.42. The number of carbonyl (C=O) groups excluding carboxylic acids is 2. The van der Waals surface area contributed by atoms with Gasteiger partial charge in [-0.25, -0.2) is 0 Å². The summed E-state index contributed by atoms with van der Waals surface area (Å²) in [6.07, 6.45) is 6.47. The van der Waals surface area contributed by atoms with Gasteiger partial charge in [0.15, 0.2) is 0 Å². The van der Waals surface area contributed by atoms with Gasteiger partial charge in [0, 0.05) is 57.0 Å². The number of pyridine rings is 2. The number of aromatic nitrogens is 2. The number of hydrogen-bond donors (Lipinski definition) is 1. The van der Waals surface area contributed by atoms with Crippen molar-refractivity contribution in [1.29, 1.82) is 0 Å². The van der Waals surface area contributed by atoms with E-state index in [0.29, 0.717) is 37.3 Å². The second-order valence-corrected chi connectivity index (χ2v) is 9.06. The SMILES string of the molecule is O=C(NCC1CN(C(=O)c2cccnc2)CCN1C(c1ccccc1)c1ccccc1)c1cccnc1. The first-order valence-electron chi connectivity index (χ1n) is 12.4. The topological polar surface area (TPSA) is 78.4 Å². The Kier molecular flexibility index (Phi) is 7.62. The minimum Gasteiger partial charge on any atom is -0.350 e. The molecule has 0 saturated carbocycles. The van der Waals surface area contributed by atoms with Crippen LogP contribution < -0.4 is 5.32 Å². The Labute approximate surface area is 216 Å². The van der Waals surface area contributed by atoms with Crippen LogP contribution in [0.3, 0.4) is 0 Å². The van der Waals surface area contributed by atoms with Crippen molar-refractivity contribution >= 4 is 11.8 Å². The number of hydrogen-bond acceptors (Lipinski definition) is 5. The summed E-state index contributed by atoms with van der Waals surface area (Å²) in [5.74, 6) is -0.230. The molecule has 1 unspecified atom stereocenters. The van der Waals surface area contributed by atoms with E-state index in [9.17, 15) is 9.59 Å². The molecule has 5 rings (SSSR count). The van der Waals surface area contributed by atoms with Gasteiger partial charge >= 0.3 is 0 Å². The van der Waals surface area contributed by atoms with Gasteiger partial charge in [0.05, 0.1) is 17.2 Å². The molecule has 4 aromatic rings. The molecule has 0 aliphatic carbocycles. The van der Waals surface area contributed by atoms with Crippen molar-refractivity contribution in [3.8, 4) is 0 Å². The Morgan fingerprint density at radius 2 is 1.38 bits per heavy atom. The van der Waals surface area contributed by atoms with Crippen LogP contribution in [-0.2, 0) is 0 Å². The summed E-state index contributed by atoms with van der Waals surface area (Å²) in [5, 5.41) is 3.08. The average Bonchev–Trinajstić information content (AvgIpc) is 2.98. The Morgan fingerprint density at radius 3 is 1.95 bits per heavy atom. The molecule has 1 aliphatic heterocycles. The third kappa shape index (κ3) is 5.73. The van der Waals surface area contributed by atoms with E-state index in [1.807, 2.05) is 41.3 Å². The lowest BCUT2D eigenvalue weighted by atomic mass is 9.94. The number of nitrogens with one attached hydrogen (secondary N) is 1. The van der Waals surface area contributed by atoms with Gasteiger partial charge in [-0.05, 0) is 35.4 Å². The van der Waals surface area contributed by atoms with Gasteiger partial charge in [-0.3, -0.25) is 24.5 Å². The van der Waals surface area contributed by atoms with Crippen molar-refractivity contribution in [3.05, 3.63) is 132 Å². The molecule has 0 spiro atoms. The van der Waals surface area contributed by atoms with Crippen LogP contribution >= 0.6 is 0 Å². The van der Waals surface area contributed by atoms with Crippen LogP contribution in [0, 0.1) is 0 Å². The Hall–Kier alpha value is -4.36. The van der Waals surface area contributed by atoms with Crippen molar-refractivity contribution in [2.45, 2.75) is 12.1 Å². The maximum absolute atomic E-state index is 13.3. The van der Waals surface area contributed by atoms with Gasteiger partial charge in [-0.1, -0.05) is 60.7 Å². The third-order valence-electron chi connectivity index (χ3n) is 6.71. The number of benzene rings is 2. The average molecular weight is 492 g/mol. The molecule has 1 saturated heterocycles. The van der Waals surface area contributed by atoms with Crippen molar-refractivity contribution in [2.24, 2.45) is 0 Å². The zero-order chi connectivity index (χ0) is 25.5. The van der Waals surface area contributed by atoms with Gasteiger partial charge in [0.1, 0.15) is 0 Å². The number of rotatable bonds is 7. The fourth-order valence-electron chi connectivity index (χ4n) is 4.90. The van der Waals surface area contributed by atoms with E-state index >= 15 is 0 Å². The molecule has 7 heteroatoms. The summed E-state index contributed by atoms with van der Waals surface area (Å²) in [6.45, 7) is 2.11. The monoisotopic (exact) mass is 491 g/mol. The van der Waals surface area contributed by atoms with Crippen LogP contribution in [0.15, 0.2) is 110 Å². The second-order valence-electron chi connectivity index (χ2n) is 9.06. The fraction of sp³-hybridized carbons (Fsp3) is 0.200. The van der Waals surface area contributed by atoms with Gasteiger partial charge in [-0.2, -0.15) is 0 Å². The number of carbonyl (C=O) groups is 2. The van der Waals surface area contributed by atoms with Crippen LogP contribution in [0.5, 0.6) is 0 Å². The lowest BCUT2D eigenvalue weighted by molar-refractivity contribution is 0.0382. The predicted molar refractivity (Wildman–Crippen MR) is 142 cm³/mol. The first kappa shape index (κ1) is 24.3. The molecule has 1 atom stereocenters. The molecule has 37 heavy (non-hydrogen) atoms. The van der Waals surface area contributed by atoms with Crippen LogP contribution in [0.4, 0.5) is 0 Å². The maximum Gasteiger partial charge on any atom is 0.255 e. The Bertz CT molecular complexity index is 1260. The standard InChI is InChI=1S/C30H29N5O2/c36-29(25-13-7-15-31-19-25)33-21-27-22-34(30(37)26-14-8-16-32-20-26)17-18-35(27)28(23-9-3-1-4-10-23)24-11-5-2-6-12-24/h1-16,19-20,27-28H,17-18,21-22H2,(H,33,36). The Balaban J connectivity index is 1.44. The lowest BCUT2D eigenvalue weighted by Crippen LogP contribution is -2.59. The molecular formula is C30H29N5O2. The van der Waals surface area contributed by atoms with E-state index in [0.717, 1.165) is 0 Å².